The van der Waals surface area contributed by atoms with Gasteiger partial charge in [0.05, 0.1) is 0 Å². The minimum atomic E-state index is 0.723. The molecule has 1 rings (SSSR count). The quantitative estimate of drug-likeness (QED) is 0.475. The van der Waals surface area contributed by atoms with Crippen LogP contribution in [0.3, 0.4) is 0 Å². The highest BCUT2D eigenvalue weighted by atomic mass is 14.6. The Morgan fingerprint density at radius 2 is 2.50 bits per heavy atom. The first-order chi connectivity index (χ1) is 3.79. The molecule has 44 valence electrons. The fraction of sp³-hybridized carbons (Fsp3) is 0.429. The Balaban J connectivity index is 2.58. The highest BCUT2D eigenvalue weighted by Crippen LogP contribution is 2.10. The lowest BCUT2D eigenvalue weighted by Gasteiger charge is -2.04. The number of quaternary nitrogens is 1. The van der Waals surface area contributed by atoms with Gasteiger partial charge in [0, 0.05) is 0 Å². The van der Waals surface area contributed by atoms with Crippen LogP contribution in [0, 0.1) is 5.92 Å². The Bertz CT molecular complexity index is 133. The molecule has 1 unspecified atom stereocenters. The zero-order valence-electron chi connectivity index (χ0n) is 5.22. The Morgan fingerprint density at radius 3 is 2.88 bits per heavy atom. The van der Waals surface area contributed by atoms with Gasteiger partial charge in [0.25, 0.3) is 0 Å². The van der Waals surface area contributed by atoms with Crippen molar-refractivity contribution in [2.75, 3.05) is 0 Å². The van der Waals surface area contributed by atoms with Gasteiger partial charge in [0.15, 0.2) is 0 Å². The van der Waals surface area contributed by atoms with Gasteiger partial charge in [-0.2, -0.15) is 0 Å². The summed E-state index contributed by atoms with van der Waals surface area (Å²) in [5, 5.41) is 0. The van der Waals surface area contributed by atoms with Crippen molar-refractivity contribution in [2.45, 2.75) is 13.3 Å². The van der Waals surface area contributed by atoms with Gasteiger partial charge in [-0.25, -0.2) is 0 Å². The third-order valence-corrected chi connectivity index (χ3v) is 1.39. The Morgan fingerprint density at radius 1 is 1.75 bits per heavy atom. The third kappa shape index (κ3) is 1.20. The van der Waals surface area contributed by atoms with E-state index in [9.17, 15) is 0 Å². The van der Waals surface area contributed by atoms with E-state index in [-0.39, 0.29) is 0 Å². The molecule has 0 fully saturated rings. The minimum absolute atomic E-state index is 0.723. The van der Waals surface area contributed by atoms with E-state index in [1.807, 2.05) is 0 Å². The predicted molar refractivity (Wildman–Crippen MR) is 33.9 cm³/mol. The second-order valence-electron chi connectivity index (χ2n) is 2.35. The topological polar surface area (TPSA) is 27.6 Å². The molecule has 0 saturated heterocycles. The molecule has 0 radical (unpaired) electrons. The lowest BCUT2D eigenvalue weighted by molar-refractivity contribution is -0.295. The summed E-state index contributed by atoms with van der Waals surface area (Å²) in [5.74, 6) is 0.723. The van der Waals surface area contributed by atoms with Crippen LogP contribution in [-0.4, -0.2) is 0 Å². The first-order valence-electron chi connectivity index (χ1n) is 2.99. The zero-order valence-corrected chi connectivity index (χ0v) is 5.22. The highest BCUT2D eigenvalue weighted by molar-refractivity contribution is 5.14. The van der Waals surface area contributed by atoms with E-state index < -0.39 is 0 Å². The van der Waals surface area contributed by atoms with Crippen molar-refractivity contribution in [1.82, 2.24) is 0 Å². The largest absolute Gasteiger partial charge is 0.326 e. The molecule has 8 heavy (non-hydrogen) atoms. The van der Waals surface area contributed by atoms with Gasteiger partial charge in [-0.05, 0) is 24.5 Å². The van der Waals surface area contributed by atoms with Crippen LogP contribution >= 0.6 is 0 Å². The van der Waals surface area contributed by atoms with E-state index in [2.05, 4.69) is 30.9 Å². The van der Waals surface area contributed by atoms with Crippen LogP contribution in [0.2, 0.25) is 0 Å². The highest BCUT2D eigenvalue weighted by Gasteiger charge is 2.00. The Hall–Kier alpha value is -0.560. The standard InChI is InChI=1S/C7H11N/c1-6-2-4-7(8)5-3-6/h2,4-6H,3,8H2,1H3/p+1. The van der Waals surface area contributed by atoms with Crippen molar-refractivity contribution in [2.24, 2.45) is 5.92 Å². The summed E-state index contributed by atoms with van der Waals surface area (Å²) in [6, 6.07) is 0. The van der Waals surface area contributed by atoms with Gasteiger partial charge in [0.1, 0.15) is 5.70 Å². The SMILES string of the molecule is CC1C=CC([NH3+])=CC1. The van der Waals surface area contributed by atoms with E-state index in [1.54, 1.807) is 0 Å². The Labute approximate surface area is 49.9 Å². The molecule has 0 amide bonds. The smallest absolute Gasteiger partial charge is 0.123 e. The van der Waals surface area contributed by atoms with Crippen molar-refractivity contribution in [3.8, 4) is 0 Å². The van der Waals surface area contributed by atoms with E-state index in [0.29, 0.717) is 0 Å². The lowest BCUT2D eigenvalue weighted by atomic mass is 10.0. The minimum Gasteiger partial charge on any atom is -0.326 e. The molecular weight excluding hydrogens is 98.1 g/mol. The van der Waals surface area contributed by atoms with E-state index in [0.717, 1.165) is 18.0 Å². The van der Waals surface area contributed by atoms with Crippen LogP contribution in [-0.2, 0) is 0 Å². The summed E-state index contributed by atoms with van der Waals surface area (Å²) < 4.78 is 0. The van der Waals surface area contributed by atoms with Gasteiger partial charge in [-0.3, -0.25) is 0 Å². The van der Waals surface area contributed by atoms with Gasteiger partial charge in [-0.15, -0.1) is 0 Å². The monoisotopic (exact) mass is 110 g/mol. The summed E-state index contributed by atoms with van der Waals surface area (Å²) in [7, 11) is 0. The molecule has 0 aromatic carbocycles. The number of hydrogen-bond acceptors (Lipinski definition) is 0. The van der Waals surface area contributed by atoms with E-state index in [1.165, 1.54) is 0 Å². The molecule has 3 N–H and O–H groups in total. The molecule has 1 atom stereocenters. The van der Waals surface area contributed by atoms with Crippen LogP contribution in [0.25, 0.3) is 0 Å². The fourth-order valence-corrected chi connectivity index (χ4v) is 0.772. The molecule has 0 saturated carbocycles. The molecule has 0 aliphatic heterocycles. The molecule has 1 heteroatoms. The summed E-state index contributed by atoms with van der Waals surface area (Å²) in [5.41, 5.74) is 4.96. The van der Waals surface area contributed by atoms with Crippen LogP contribution in [0.15, 0.2) is 23.9 Å². The lowest BCUT2D eigenvalue weighted by Crippen LogP contribution is -2.46. The average Bonchev–Trinajstić information content (AvgIpc) is 1.77. The fourth-order valence-electron chi connectivity index (χ4n) is 0.772. The van der Waals surface area contributed by atoms with Gasteiger partial charge >= 0.3 is 0 Å². The number of hydrogen-bond donors (Lipinski definition) is 1. The maximum Gasteiger partial charge on any atom is 0.123 e. The van der Waals surface area contributed by atoms with Crippen LogP contribution < -0.4 is 5.73 Å². The van der Waals surface area contributed by atoms with Crippen LogP contribution in [0.5, 0.6) is 0 Å². The Kier molecular flexibility index (Phi) is 1.49. The average molecular weight is 110 g/mol. The molecule has 0 aromatic heterocycles. The molecule has 1 aliphatic carbocycles. The predicted octanol–water partition coefficient (Wildman–Crippen LogP) is 0.708. The van der Waals surface area contributed by atoms with Crippen LogP contribution in [0.1, 0.15) is 13.3 Å². The number of rotatable bonds is 0. The van der Waals surface area contributed by atoms with Crippen molar-refractivity contribution in [3.05, 3.63) is 23.9 Å². The number of allylic oxidation sites excluding steroid dienone is 3. The maximum atomic E-state index is 3.81. The van der Waals surface area contributed by atoms with Gasteiger partial charge < -0.3 is 5.73 Å². The van der Waals surface area contributed by atoms with Crippen molar-refractivity contribution >= 4 is 0 Å². The molecule has 0 spiro atoms. The molecule has 0 aromatic rings. The molecule has 0 heterocycles. The van der Waals surface area contributed by atoms with Crippen molar-refractivity contribution in [1.29, 1.82) is 0 Å². The first kappa shape index (κ1) is 5.57. The van der Waals surface area contributed by atoms with E-state index >= 15 is 0 Å². The van der Waals surface area contributed by atoms with Gasteiger partial charge in [-0.1, -0.05) is 13.0 Å². The summed E-state index contributed by atoms with van der Waals surface area (Å²) in [6.45, 7) is 2.21. The molecular formula is C7H12N+. The molecule has 0 bridgehead atoms. The maximum absolute atomic E-state index is 3.81. The third-order valence-electron chi connectivity index (χ3n) is 1.39. The zero-order chi connectivity index (χ0) is 5.98. The van der Waals surface area contributed by atoms with E-state index in [4.69, 9.17) is 0 Å². The van der Waals surface area contributed by atoms with Gasteiger partial charge in [0.2, 0.25) is 0 Å². The van der Waals surface area contributed by atoms with Crippen molar-refractivity contribution in [3.63, 3.8) is 0 Å². The summed E-state index contributed by atoms with van der Waals surface area (Å²) >= 11 is 0. The second-order valence-corrected chi connectivity index (χ2v) is 2.35. The molecule has 1 aliphatic rings. The normalized spacial score (nSPS) is 27.8. The molecule has 1 nitrogen and oxygen atoms in total. The second kappa shape index (κ2) is 2.14. The summed E-state index contributed by atoms with van der Waals surface area (Å²) in [6.07, 6.45) is 7.61. The van der Waals surface area contributed by atoms with Crippen LogP contribution in [0.4, 0.5) is 0 Å². The van der Waals surface area contributed by atoms with Crippen molar-refractivity contribution < 1.29 is 5.73 Å². The summed E-state index contributed by atoms with van der Waals surface area (Å²) in [4.78, 5) is 0. The first-order valence-corrected chi connectivity index (χ1v) is 2.99.